The largest absolute Gasteiger partial charge is 0.493 e. The first-order valence-corrected chi connectivity index (χ1v) is 9.43. The highest BCUT2D eigenvalue weighted by Gasteiger charge is 2.17. The van der Waals surface area contributed by atoms with Gasteiger partial charge in [0.15, 0.2) is 3.95 Å². The number of fused-ring (bicyclic) bond motifs is 1. The number of aromatic nitrogens is 1. The van der Waals surface area contributed by atoms with Gasteiger partial charge in [-0.2, -0.15) is 0 Å². The van der Waals surface area contributed by atoms with Crippen LogP contribution in [0, 0.1) is 3.95 Å². The van der Waals surface area contributed by atoms with E-state index in [-0.39, 0.29) is 5.88 Å². The van der Waals surface area contributed by atoms with E-state index in [0.717, 1.165) is 22.5 Å². The van der Waals surface area contributed by atoms with Crippen LogP contribution in [0.1, 0.15) is 17.4 Å². The molecule has 3 aromatic rings. The molecule has 4 nitrogen and oxygen atoms in total. The number of para-hydroxylation sites is 3. The van der Waals surface area contributed by atoms with Crippen molar-refractivity contribution >= 4 is 47.1 Å². The van der Waals surface area contributed by atoms with Crippen molar-refractivity contribution in [1.82, 2.24) is 4.57 Å². The molecule has 1 aromatic heterocycles. The van der Waals surface area contributed by atoms with Crippen molar-refractivity contribution in [3.8, 4) is 17.3 Å². The Balaban J connectivity index is 1.82. The average Bonchev–Trinajstić information content (AvgIpc) is 3.18. The summed E-state index contributed by atoms with van der Waals surface area (Å²) in [5.74, 6) is 0.795. The molecule has 26 heavy (non-hydrogen) atoms. The molecule has 0 atom stereocenters. The minimum atomic E-state index is 0.109. The molecule has 130 valence electrons. The lowest BCUT2D eigenvalue weighted by Gasteiger charge is -2.11. The predicted octanol–water partition coefficient (Wildman–Crippen LogP) is 5.63. The van der Waals surface area contributed by atoms with Gasteiger partial charge in [0.25, 0.3) is 0 Å². The maximum absolute atomic E-state index is 10.8. The van der Waals surface area contributed by atoms with Crippen molar-refractivity contribution < 1.29 is 9.84 Å². The second-order valence-electron chi connectivity index (χ2n) is 5.67. The summed E-state index contributed by atoms with van der Waals surface area (Å²) in [5.41, 5.74) is 3.67. The second kappa shape index (κ2) is 6.90. The van der Waals surface area contributed by atoms with Gasteiger partial charge in [0.2, 0.25) is 5.88 Å². The van der Waals surface area contributed by atoms with E-state index in [0.29, 0.717) is 21.2 Å². The third-order valence-corrected chi connectivity index (χ3v) is 5.37. The number of rotatable bonds is 4. The van der Waals surface area contributed by atoms with Crippen LogP contribution in [0.2, 0.25) is 0 Å². The molecule has 1 aliphatic rings. The van der Waals surface area contributed by atoms with Crippen LogP contribution in [0.4, 0.5) is 5.69 Å². The number of hydrogen-bond donors (Lipinski definition) is 1. The van der Waals surface area contributed by atoms with Crippen LogP contribution in [0.3, 0.4) is 0 Å². The van der Waals surface area contributed by atoms with Gasteiger partial charge in [0.05, 0.1) is 22.9 Å². The van der Waals surface area contributed by atoms with Gasteiger partial charge < -0.3 is 9.84 Å². The maximum Gasteiger partial charge on any atom is 0.215 e. The molecule has 0 spiro atoms. The Morgan fingerprint density at radius 3 is 2.81 bits per heavy atom. The van der Waals surface area contributed by atoms with Gasteiger partial charge in [-0.15, -0.1) is 11.3 Å². The Bertz CT molecular complexity index is 1090. The third kappa shape index (κ3) is 2.87. The molecule has 4 rings (SSSR count). The molecule has 0 bridgehead atoms. The van der Waals surface area contributed by atoms with Crippen LogP contribution in [-0.2, 0) is 0 Å². The Morgan fingerprint density at radius 1 is 1.19 bits per heavy atom. The molecule has 1 N–H and O–H groups in total. The van der Waals surface area contributed by atoms with Gasteiger partial charge in [-0.3, -0.25) is 9.56 Å². The number of aliphatic imine (C=N–C) groups is 1. The Hall–Kier alpha value is -2.70. The zero-order chi connectivity index (χ0) is 18.1. The van der Waals surface area contributed by atoms with E-state index in [1.165, 1.54) is 11.3 Å². The molecule has 2 heterocycles. The first-order chi connectivity index (χ1) is 12.7. The SMILES string of the molecule is CCOc1ccccc1-n1c(O)c(/C=C2\C=Nc3ccccc32)sc1=S. The van der Waals surface area contributed by atoms with E-state index in [1.54, 1.807) is 4.57 Å². The molecule has 0 saturated heterocycles. The van der Waals surface area contributed by atoms with Crippen LogP contribution in [0.15, 0.2) is 53.5 Å². The summed E-state index contributed by atoms with van der Waals surface area (Å²) in [6.07, 6.45) is 3.73. The fourth-order valence-electron chi connectivity index (χ4n) is 2.90. The number of benzene rings is 2. The Kier molecular flexibility index (Phi) is 4.44. The molecule has 0 unspecified atom stereocenters. The van der Waals surface area contributed by atoms with Crippen LogP contribution in [0.25, 0.3) is 17.3 Å². The minimum Gasteiger partial charge on any atom is -0.493 e. The van der Waals surface area contributed by atoms with E-state index in [9.17, 15) is 5.11 Å². The fraction of sp³-hybridized carbons (Fsp3) is 0.100. The van der Waals surface area contributed by atoms with Crippen molar-refractivity contribution in [3.05, 3.63) is 62.9 Å². The molecule has 0 saturated carbocycles. The van der Waals surface area contributed by atoms with Gasteiger partial charge in [0, 0.05) is 17.4 Å². The van der Waals surface area contributed by atoms with Gasteiger partial charge >= 0.3 is 0 Å². The summed E-state index contributed by atoms with van der Waals surface area (Å²) < 4.78 is 7.89. The molecule has 1 aliphatic heterocycles. The molecular formula is C20H16N2O2S2. The van der Waals surface area contributed by atoms with Crippen molar-refractivity contribution in [2.75, 3.05) is 6.61 Å². The highest BCUT2D eigenvalue weighted by molar-refractivity contribution is 7.73. The number of hydrogen-bond acceptors (Lipinski definition) is 5. The van der Waals surface area contributed by atoms with E-state index in [2.05, 4.69) is 4.99 Å². The van der Waals surface area contributed by atoms with Crippen molar-refractivity contribution in [3.63, 3.8) is 0 Å². The van der Waals surface area contributed by atoms with Crippen LogP contribution >= 0.6 is 23.6 Å². The number of thiazole rings is 1. The lowest BCUT2D eigenvalue weighted by atomic mass is 10.1. The average molecular weight is 380 g/mol. The van der Waals surface area contributed by atoms with Crippen LogP contribution in [-0.4, -0.2) is 22.5 Å². The highest BCUT2D eigenvalue weighted by Crippen LogP contribution is 2.38. The standard InChI is InChI=1S/C20H16N2O2S2/c1-2-24-17-10-6-5-9-16(17)22-19(23)18(26-20(22)25)11-13-12-21-15-8-4-3-7-14(13)15/h3-12,23H,2H2,1H3/b13-11+. The van der Waals surface area contributed by atoms with E-state index < -0.39 is 0 Å². The monoisotopic (exact) mass is 380 g/mol. The molecule has 0 fully saturated rings. The maximum atomic E-state index is 10.8. The molecule has 2 aromatic carbocycles. The summed E-state index contributed by atoms with van der Waals surface area (Å²) in [4.78, 5) is 5.10. The van der Waals surface area contributed by atoms with Crippen LogP contribution in [0.5, 0.6) is 11.6 Å². The zero-order valence-electron chi connectivity index (χ0n) is 14.0. The molecule has 0 aliphatic carbocycles. The van der Waals surface area contributed by atoms with E-state index in [1.807, 2.05) is 67.7 Å². The summed E-state index contributed by atoms with van der Waals surface area (Å²) in [5, 5.41) is 10.8. The number of ether oxygens (including phenoxy) is 1. The van der Waals surface area contributed by atoms with Gasteiger partial charge in [-0.25, -0.2) is 0 Å². The highest BCUT2D eigenvalue weighted by atomic mass is 32.1. The second-order valence-corrected chi connectivity index (χ2v) is 7.34. The van der Waals surface area contributed by atoms with Crippen molar-refractivity contribution in [1.29, 1.82) is 0 Å². The minimum absolute atomic E-state index is 0.109. The first-order valence-electron chi connectivity index (χ1n) is 8.21. The quantitative estimate of drug-likeness (QED) is 0.597. The van der Waals surface area contributed by atoms with E-state index >= 15 is 0 Å². The van der Waals surface area contributed by atoms with Crippen molar-refractivity contribution in [2.24, 2.45) is 4.99 Å². The number of nitrogens with zero attached hydrogens (tertiary/aromatic N) is 2. The summed E-state index contributed by atoms with van der Waals surface area (Å²) >= 11 is 6.87. The van der Waals surface area contributed by atoms with Gasteiger partial charge in [-0.05, 0) is 43.4 Å². The normalized spacial score (nSPS) is 14.0. The van der Waals surface area contributed by atoms with E-state index in [4.69, 9.17) is 17.0 Å². The lowest BCUT2D eigenvalue weighted by molar-refractivity contribution is 0.337. The molecule has 6 heteroatoms. The molecule has 0 radical (unpaired) electrons. The number of aromatic hydroxyl groups is 1. The van der Waals surface area contributed by atoms with Crippen LogP contribution < -0.4 is 4.74 Å². The summed E-state index contributed by atoms with van der Waals surface area (Å²) in [6.45, 7) is 2.47. The Morgan fingerprint density at radius 2 is 1.96 bits per heavy atom. The summed E-state index contributed by atoms with van der Waals surface area (Å²) in [6, 6.07) is 15.5. The predicted molar refractivity (Wildman–Crippen MR) is 110 cm³/mol. The smallest absolute Gasteiger partial charge is 0.215 e. The number of allylic oxidation sites excluding steroid dienone is 1. The third-order valence-electron chi connectivity index (χ3n) is 4.06. The zero-order valence-corrected chi connectivity index (χ0v) is 15.7. The first kappa shape index (κ1) is 16.8. The topological polar surface area (TPSA) is 46.8 Å². The molecular weight excluding hydrogens is 364 g/mol. The summed E-state index contributed by atoms with van der Waals surface area (Å²) in [7, 11) is 0. The fourth-order valence-corrected chi connectivity index (χ4v) is 4.19. The van der Waals surface area contributed by atoms with Crippen molar-refractivity contribution in [2.45, 2.75) is 6.92 Å². The van der Waals surface area contributed by atoms with Gasteiger partial charge in [0.1, 0.15) is 5.75 Å². The molecule has 0 amide bonds. The lowest BCUT2D eigenvalue weighted by Crippen LogP contribution is -2.00. The van der Waals surface area contributed by atoms with Gasteiger partial charge in [-0.1, -0.05) is 30.3 Å². The Labute approximate surface area is 160 Å².